The highest BCUT2D eigenvalue weighted by atomic mass is 35.5. The first kappa shape index (κ1) is 41.3. The van der Waals surface area contributed by atoms with Gasteiger partial charge in [-0.1, -0.05) is 54.4 Å². The summed E-state index contributed by atoms with van der Waals surface area (Å²) >= 11 is 12.3. The van der Waals surface area contributed by atoms with Crippen LogP contribution in [0, 0.1) is 5.92 Å². The number of sulfonamides is 1. The summed E-state index contributed by atoms with van der Waals surface area (Å²) in [6, 6.07) is 8.13. The molecule has 3 heterocycles. The third kappa shape index (κ3) is 9.25. The molecule has 4 aliphatic rings. The van der Waals surface area contributed by atoms with Crippen molar-refractivity contribution in [3.05, 3.63) is 75.8 Å². The minimum absolute atomic E-state index is 0.0316. The van der Waals surface area contributed by atoms with Gasteiger partial charge in [0.05, 0.1) is 24.6 Å². The number of ether oxygens (including phenoxy) is 3. The third-order valence-electron chi connectivity index (χ3n) is 10.6. The second kappa shape index (κ2) is 16.6. The second-order valence-electron chi connectivity index (χ2n) is 15.0. The largest absolute Gasteiger partial charge is 0.444 e. The Kier molecular flexibility index (Phi) is 12.2. The Morgan fingerprint density at radius 1 is 1.07 bits per heavy atom. The third-order valence-corrected chi connectivity index (χ3v) is 12.5. The Labute approximate surface area is 335 Å². The molecular weight excluding hydrogens is 789 g/mol. The molecule has 0 unspecified atom stereocenters. The van der Waals surface area contributed by atoms with E-state index in [0.717, 1.165) is 11.1 Å². The maximum absolute atomic E-state index is 14.4. The van der Waals surface area contributed by atoms with Crippen molar-refractivity contribution >= 4 is 63.1 Å². The molecule has 2 aromatic rings. The van der Waals surface area contributed by atoms with Crippen LogP contribution >= 0.6 is 23.2 Å². The summed E-state index contributed by atoms with van der Waals surface area (Å²) < 4.78 is 45.9. The predicted octanol–water partition coefficient (Wildman–Crippen LogP) is 4.45. The van der Waals surface area contributed by atoms with Crippen molar-refractivity contribution in [1.82, 2.24) is 25.2 Å². The molecule has 15 nitrogen and oxygen atoms in total. The molecule has 18 heteroatoms. The molecule has 1 saturated carbocycles. The van der Waals surface area contributed by atoms with Crippen molar-refractivity contribution in [2.75, 3.05) is 19.8 Å². The Hall–Kier alpha value is -4.38. The van der Waals surface area contributed by atoms with E-state index in [1.165, 1.54) is 34.1 Å². The van der Waals surface area contributed by atoms with Crippen LogP contribution in [-0.2, 0) is 51.7 Å². The lowest BCUT2D eigenvalue weighted by Gasteiger charge is -2.30. The molecule has 6 rings (SSSR count). The maximum atomic E-state index is 14.4. The highest BCUT2D eigenvalue weighted by Crippen LogP contribution is 2.46. The smallest absolute Gasteiger partial charge is 0.410 e. The van der Waals surface area contributed by atoms with E-state index >= 15 is 0 Å². The monoisotopic (exact) mass is 833 g/mol. The van der Waals surface area contributed by atoms with Crippen LogP contribution in [0.3, 0.4) is 0 Å². The lowest BCUT2D eigenvalue weighted by molar-refractivity contribution is -0.141. The number of benzene rings is 2. The molecule has 5 amide bonds. The zero-order valence-electron chi connectivity index (χ0n) is 31.2. The van der Waals surface area contributed by atoms with Crippen LogP contribution in [0.5, 0.6) is 0 Å². The van der Waals surface area contributed by atoms with Gasteiger partial charge in [0.15, 0.2) is 0 Å². The molecule has 56 heavy (non-hydrogen) atoms. The summed E-state index contributed by atoms with van der Waals surface area (Å²) in [6.07, 6.45) is 1.87. The number of nitrogens with one attached hydrogen (secondary N) is 3. The Morgan fingerprint density at radius 3 is 2.54 bits per heavy atom. The molecule has 5 atom stereocenters. The van der Waals surface area contributed by atoms with Crippen molar-refractivity contribution in [3.63, 3.8) is 0 Å². The van der Waals surface area contributed by atoms with E-state index in [0.29, 0.717) is 22.9 Å². The zero-order chi connectivity index (χ0) is 40.4. The lowest BCUT2D eigenvalue weighted by atomic mass is 10.1. The van der Waals surface area contributed by atoms with Gasteiger partial charge in [-0.25, -0.2) is 22.7 Å². The fourth-order valence-electron chi connectivity index (χ4n) is 6.94. The van der Waals surface area contributed by atoms with Gasteiger partial charge in [0.25, 0.3) is 15.9 Å². The van der Waals surface area contributed by atoms with Crippen LogP contribution in [0.1, 0.15) is 64.0 Å². The molecule has 3 aliphatic heterocycles. The second-order valence-corrected chi connectivity index (χ2v) is 17.5. The normalized spacial score (nSPS) is 26.0. The number of fused-ring (bicyclic) bond motifs is 3. The number of carbonyl (C=O) groups excluding carboxylic acids is 5. The van der Waals surface area contributed by atoms with Gasteiger partial charge in [0, 0.05) is 42.0 Å². The number of nitrogens with zero attached hydrogens (tertiary/aromatic N) is 2. The van der Waals surface area contributed by atoms with Crippen molar-refractivity contribution in [1.29, 1.82) is 0 Å². The number of carbonyl (C=O) groups is 5. The zero-order valence-corrected chi connectivity index (χ0v) is 33.5. The molecule has 2 fully saturated rings. The molecular formula is C38H45Cl2N5O10S. The quantitative estimate of drug-likeness (QED) is 0.337. The predicted molar refractivity (Wildman–Crippen MR) is 204 cm³/mol. The van der Waals surface area contributed by atoms with Crippen molar-refractivity contribution in [2.24, 2.45) is 5.92 Å². The molecule has 0 radical (unpaired) electrons. The summed E-state index contributed by atoms with van der Waals surface area (Å²) in [7, 11) is -4.37. The molecule has 0 aromatic heterocycles. The van der Waals surface area contributed by atoms with Crippen LogP contribution in [0.25, 0.3) is 0 Å². The van der Waals surface area contributed by atoms with E-state index in [4.69, 9.17) is 37.4 Å². The first-order chi connectivity index (χ1) is 26.5. The molecule has 1 aliphatic carbocycles. The number of rotatable bonds is 7. The van der Waals surface area contributed by atoms with Gasteiger partial charge in [-0.15, -0.1) is 0 Å². The fourth-order valence-corrected chi connectivity index (χ4v) is 8.36. The van der Waals surface area contributed by atoms with E-state index in [9.17, 15) is 32.4 Å². The van der Waals surface area contributed by atoms with Gasteiger partial charge in [-0.05, 0) is 74.6 Å². The van der Waals surface area contributed by atoms with E-state index in [1.807, 2.05) is 13.0 Å². The van der Waals surface area contributed by atoms with Gasteiger partial charge in [-0.2, -0.15) is 0 Å². The molecule has 0 spiro atoms. The minimum atomic E-state index is -4.37. The number of hydrogen-bond acceptors (Lipinski definition) is 10. The molecule has 3 N–H and O–H groups in total. The summed E-state index contributed by atoms with van der Waals surface area (Å²) in [5.41, 5.74) is -0.858. The Bertz CT molecular complexity index is 2010. The summed E-state index contributed by atoms with van der Waals surface area (Å²) in [6.45, 7) is 5.86. The molecule has 2 aromatic carbocycles. The average Bonchev–Trinajstić information content (AvgIpc) is 3.43. The topological polar surface area (TPSA) is 190 Å². The minimum Gasteiger partial charge on any atom is -0.444 e. The Morgan fingerprint density at radius 2 is 1.82 bits per heavy atom. The fraction of sp³-hybridized carbons (Fsp3) is 0.500. The van der Waals surface area contributed by atoms with E-state index < -0.39 is 75.2 Å². The van der Waals surface area contributed by atoms with Gasteiger partial charge in [0.2, 0.25) is 11.8 Å². The number of alkyl carbamates (subject to hydrolysis) is 1. The van der Waals surface area contributed by atoms with Crippen LogP contribution in [0.4, 0.5) is 9.59 Å². The van der Waals surface area contributed by atoms with Gasteiger partial charge < -0.3 is 29.7 Å². The highest BCUT2D eigenvalue weighted by Gasteiger charge is 2.62. The lowest BCUT2D eigenvalue weighted by Crippen LogP contribution is -2.58. The van der Waals surface area contributed by atoms with Gasteiger partial charge in [-0.3, -0.25) is 19.3 Å². The number of hydrogen-bond donors (Lipinski definition) is 3. The van der Waals surface area contributed by atoms with Crippen molar-refractivity contribution < 1.29 is 46.6 Å². The standard InChI is InChI=1S/C38H45Cl2N5O10S/c1-4-37(2,3)55-35(49)41-30-15-17-53-16-6-5-9-24-19-38(24,34(48)43-56(51,52)27-13-11-25(39)12-14-27)42-32(46)31-18-26(21-45(31)33(30)47)54-36(50)44-20-23-8-7-10-29(40)28(23)22-44/h5,7-14,24,26,30-31H,4,6,15-22H2,1-3H3,(H,41,49)(H,42,46)(H,43,48)/b9-5-/t24-,26+,30-,31-,38+/m0/s1. The van der Waals surface area contributed by atoms with Crippen molar-refractivity contribution in [3.8, 4) is 0 Å². The van der Waals surface area contributed by atoms with E-state index in [2.05, 4.69) is 15.4 Å². The van der Waals surface area contributed by atoms with Crippen LogP contribution in [-0.4, -0.2) is 97.2 Å². The number of halogens is 2. The average molecular weight is 835 g/mol. The highest BCUT2D eigenvalue weighted by molar-refractivity contribution is 7.90. The summed E-state index contributed by atoms with van der Waals surface area (Å²) in [4.78, 5) is 71.6. The van der Waals surface area contributed by atoms with Crippen LogP contribution in [0.2, 0.25) is 10.0 Å². The van der Waals surface area contributed by atoms with Gasteiger partial charge >= 0.3 is 12.2 Å². The summed E-state index contributed by atoms with van der Waals surface area (Å²) in [5, 5.41) is 6.21. The molecule has 302 valence electrons. The molecule has 0 bridgehead atoms. The maximum Gasteiger partial charge on any atom is 0.410 e. The first-order valence-corrected chi connectivity index (χ1v) is 20.7. The van der Waals surface area contributed by atoms with Gasteiger partial charge in [0.1, 0.15) is 29.3 Å². The van der Waals surface area contributed by atoms with Crippen LogP contribution < -0.4 is 15.4 Å². The van der Waals surface area contributed by atoms with E-state index in [1.54, 1.807) is 38.1 Å². The van der Waals surface area contributed by atoms with Crippen LogP contribution in [0.15, 0.2) is 59.5 Å². The van der Waals surface area contributed by atoms with E-state index in [-0.39, 0.29) is 57.0 Å². The summed E-state index contributed by atoms with van der Waals surface area (Å²) in [5.74, 6) is -3.00. The first-order valence-electron chi connectivity index (χ1n) is 18.4. The SMILES string of the molecule is CCC(C)(C)OC(=O)N[C@H]1CCOCC/C=C\[C@H]2C[C@@]2(C(=O)NS(=O)(=O)c2ccc(Cl)cc2)NC(=O)[C@@H]2C[C@@H](OC(=O)N3Cc4cccc(Cl)c4C3)CN2C1=O. The number of amides is 5. The van der Waals surface area contributed by atoms with Crippen molar-refractivity contribution in [2.45, 2.75) is 100 Å². The molecule has 1 saturated heterocycles. The Balaban J connectivity index is 1.27.